The second kappa shape index (κ2) is 6.00. The van der Waals surface area contributed by atoms with Crippen LogP contribution in [-0.2, 0) is 4.74 Å². The molecule has 1 aromatic rings. The fourth-order valence-electron chi connectivity index (χ4n) is 1.32. The van der Waals surface area contributed by atoms with E-state index in [1.54, 1.807) is 0 Å². The number of carbonyl (C=O) groups excluding carboxylic acids is 1. The van der Waals surface area contributed by atoms with E-state index in [2.05, 4.69) is 17.4 Å². The second-order valence-electron chi connectivity index (χ2n) is 3.43. The van der Waals surface area contributed by atoms with Gasteiger partial charge in [-0.2, -0.15) is 12.6 Å². The molecule has 0 saturated carbocycles. The first-order valence-corrected chi connectivity index (χ1v) is 5.49. The van der Waals surface area contributed by atoms with E-state index in [0.29, 0.717) is 0 Å². The lowest BCUT2D eigenvalue weighted by Gasteiger charge is -2.16. The van der Waals surface area contributed by atoms with Crippen molar-refractivity contribution < 1.29 is 24.1 Å². The van der Waals surface area contributed by atoms with E-state index in [4.69, 9.17) is 0 Å². The van der Waals surface area contributed by atoms with Gasteiger partial charge in [-0.05, 0) is 17.7 Å². The van der Waals surface area contributed by atoms with Gasteiger partial charge in [-0.3, -0.25) is 0 Å². The van der Waals surface area contributed by atoms with Gasteiger partial charge in [0.1, 0.15) is 11.9 Å². The third kappa shape index (κ3) is 3.18. The molecule has 2 unspecified atom stereocenters. The van der Waals surface area contributed by atoms with Crippen LogP contribution in [0.5, 0.6) is 0 Å². The van der Waals surface area contributed by atoms with Gasteiger partial charge < -0.3 is 14.9 Å². The fraction of sp³-hybridized carbons (Fsp3) is 0.364. The molecule has 0 spiro atoms. The van der Waals surface area contributed by atoms with Gasteiger partial charge in [0.25, 0.3) is 0 Å². The third-order valence-corrected chi connectivity index (χ3v) is 2.66. The Labute approximate surface area is 103 Å². The van der Waals surface area contributed by atoms with Gasteiger partial charge in [0.05, 0.1) is 18.8 Å². The minimum atomic E-state index is -1.23. The van der Waals surface area contributed by atoms with E-state index in [0.717, 1.165) is 19.2 Å². The Kier molecular flexibility index (Phi) is 4.92. The SMILES string of the molecule is COC(=O)c1cc(C(O)C(O)CS)ccc1F. The Morgan fingerprint density at radius 3 is 2.71 bits per heavy atom. The van der Waals surface area contributed by atoms with E-state index >= 15 is 0 Å². The minimum Gasteiger partial charge on any atom is -0.465 e. The van der Waals surface area contributed by atoms with E-state index in [1.807, 2.05) is 0 Å². The smallest absolute Gasteiger partial charge is 0.340 e. The van der Waals surface area contributed by atoms with Crippen molar-refractivity contribution in [1.82, 2.24) is 0 Å². The van der Waals surface area contributed by atoms with Crippen LogP contribution < -0.4 is 0 Å². The number of methoxy groups -OCH3 is 1. The zero-order valence-electron chi connectivity index (χ0n) is 9.13. The quantitative estimate of drug-likeness (QED) is 0.556. The number of aliphatic hydroxyl groups is 2. The van der Waals surface area contributed by atoms with Crippen LogP contribution in [-0.4, -0.2) is 35.1 Å². The van der Waals surface area contributed by atoms with Crippen molar-refractivity contribution in [2.45, 2.75) is 12.2 Å². The number of esters is 1. The normalized spacial score (nSPS) is 14.2. The molecule has 4 nitrogen and oxygen atoms in total. The Bertz CT molecular complexity index is 410. The molecule has 2 atom stereocenters. The lowest BCUT2D eigenvalue weighted by molar-refractivity contribution is 0.0335. The largest absolute Gasteiger partial charge is 0.465 e. The summed E-state index contributed by atoms with van der Waals surface area (Å²) in [4.78, 5) is 11.2. The molecule has 0 aromatic heterocycles. The first-order chi connectivity index (χ1) is 8.01. The molecule has 0 fully saturated rings. The predicted octanol–water partition coefficient (Wildman–Crippen LogP) is 0.936. The van der Waals surface area contributed by atoms with Gasteiger partial charge >= 0.3 is 5.97 Å². The van der Waals surface area contributed by atoms with Crippen molar-refractivity contribution in [1.29, 1.82) is 0 Å². The number of thiol groups is 1. The number of benzene rings is 1. The molecule has 1 rings (SSSR count). The molecule has 0 heterocycles. The maximum atomic E-state index is 13.3. The summed E-state index contributed by atoms with van der Waals surface area (Å²) in [6.07, 6.45) is -2.31. The van der Waals surface area contributed by atoms with Gasteiger partial charge in [0.15, 0.2) is 0 Å². The lowest BCUT2D eigenvalue weighted by Crippen LogP contribution is -2.20. The number of aliphatic hydroxyl groups excluding tert-OH is 2. The molecule has 0 saturated heterocycles. The topological polar surface area (TPSA) is 66.8 Å². The average molecular weight is 260 g/mol. The highest BCUT2D eigenvalue weighted by molar-refractivity contribution is 7.80. The zero-order valence-corrected chi connectivity index (χ0v) is 10.0. The Balaban J connectivity index is 3.08. The second-order valence-corrected chi connectivity index (χ2v) is 3.79. The molecule has 2 N–H and O–H groups in total. The van der Waals surface area contributed by atoms with Crippen LogP contribution in [0.1, 0.15) is 22.0 Å². The molecule has 0 aliphatic heterocycles. The maximum absolute atomic E-state index is 13.3. The molecule has 0 radical (unpaired) electrons. The molecular formula is C11H13FO4S. The number of hydrogen-bond acceptors (Lipinski definition) is 5. The van der Waals surface area contributed by atoms with Crippen LogP contribution in [0.15, 0.2) is 18.2 Å². The van der Waals surface area contributed by atoms with E-state index < -0.39 is 24.0 Å². The number of halogens is 1. The average Bonchev–Trinajstić information content (AvgIpc) is 2.36. The van der Waals surface area contributed by atoms with Gasteiger partial charge in [0.2, 0.25) is 0 Å². The zero-order chi connectivity index (χ0) is 13.0. The summed E-state index contributed by atoms with van der Waals surface area (Å²) < 4.78 is 17.7. The number of ether oxygens (including phenoxy) is 1. The predicted molar refractivity (Wildman–Crippen MR) is 62.6 cm³/mol. The van der Waals surface area contributed by atoms with Crippen molar-refractivity contribution in [2.24, 2.45) is 0 Å². The number of rotatable bonds is 4. The van der Waals surface area contributed by atoms with E-state index in [-0.39, 0.29) is 16.9 Å². The van der Waals surface area contributed by atoms with Crippen LogP contribution in [0.4, 0.5) is 4.39 Å². The van der Waals surface area contributed by atoms with E-state index in [9.17, 15) is 19.4 Å². The number of hydrogen-bond donors (Lipinski definition) is 3. The van der Waals surface area contributed by atoms with Crippen LogP contribution in [0.2, 0.25) is 0 Å². The summed E-state index contributed by atoms with van der Waals surface area (Å²) in [5, 5.41) is 19.1. The molecule has 6 heteroatoms. The Hall–Kier alpha value is -1.11. The molecule has 1 aromatic carbocycles. The maximum Gasteiger partial charge on any atom is 0.340 e. The summed E-state index contributed by atoms with van der Waals surface area (Å²) in [7, 11) is 1.13. The molecule has 0 bridgehead atoms. The van der Waals surface area contributed by atoms with Crippen LogP contribution in [0.3, 0.4) is 0 Å². The minimum absolute atomic E-state index is 0.0477. The summed E-state index contributed by atoms with van der Waals surface area (Å²) in [6, 6.07) is 3.48. The molecule has 0 aliphatic rings. The Morgan fingerprint density at radius 1 is 1.53 bits per heavy atom. The van der Waals surface area contributed by atoms with Gasteiger partial charge in [0, 0.05) is 5.75 Å². The highest BCUT2D eigenvalue weighted by Gasteiger charge is 2.20. The highest BCUT2D eigenvalue weighted by atomic mass is 32.1. The highest BCUT2D eigenvalue weighted by Crippen LogP contribution is 2.21. The van der Waals surface area contributed by atoms with Gasteiger partial charge in [-0.1, -0.05) is 6.07 Å². The fourth-order valence-corrected chi connectivity index (χ4v) is 1.51. The molecule has 94 valence electrons. The van der Waals surface area contributed by atoms with Crippen LogP contribution in [0, 0.1) is 5.82 Å². The molecule has 17 heavy (non-hydrogen) atoms. The van der Waals surface area contributed by atoms with Gasteiger partial charge in [-0.15, -0.1) is 0 Å². The standard InChI is InChI=1S/C11H13FO4S/c1-16-11(15)7-4-6(2-3-8(7)12)10(14)9(13)5-17/h2-4,9-10,13-14,17H,5H2,1H3. The third-order valence-electron chi connectivity index (χ3n) is 2.29. The van der Waals surface area contributed by atoms with Gasteiger partial charge in [-0.25, -0.2) is 9.18 Å². The van der Waals surface area contributed by atoms with Crippen LogP contribution >= 0.6 is 12.6 Å². The first-order valence-electron chi connectivity index (χ1n) is 4.86. The number of carbonyl (C=O) groups is 1. The van der Waals surface area contributed by atoms with Crippen molar-refractivity contribution in [3.05, 3.63) is 35.1 Å². The van der Waals surface area contributed by atoms with Crippen molar-refractivity contribution in [3.8, 4) is 0 Å². The molecule has 0 aliphatic carbocycles. The summed E-state index contributed by atoms with van der Waals surface area (Å²) in [5.74, 6) is -1.53. The van der Waals surface area contributed by atoms with E-state index in [1.165, 1.54) is 6.07 Å². The van der Waals surface area contributed by atoms with Crippen molar-refractivity contribution in [2.75, 3.05) is 12.9 Å². The molecular weight excluding hydrogens is 247 g/mol. The van der Waals surface area contributed by atoms with Crippen molar-refractivity contribution >= 4 is 18.6 Å². The summed E-state index contributed by atoms with van der Waals surface area (Å²) in [5.41, 5.74) is -0.0521. The first kappa shape index (κ1) is 14.0. The summed E-state index contributed by atoms with van der Waals surface area (Å²) in [6.45, 7) is 0. The molecule has 0 amide bonds. The monoisotopic (exact) mass is 260 g/mol. The lowest BCUT2D eigenvalue weighted by atomic mass is 10.0. The van der Waals surface area contributed by atoms with Crippen molar-refractivity contribution in [3.63, 3.8) is 0 Å². The van der Waals surface area contributed by atoms with Crippen LogP contribution in [0.25, 0.3) is 0 Å². The Morgan fingerprint density at radius 2 is 2.18 bits per heavy atom. The summed E-state index contributed by atoms with van der Waals surface area (Å²) >= 11 is 3.83.